The van der Waals surface area contributed by atoms with Crippen molar-refractivity contribution in [3.8, 4) is 5.75 Å². The molecule has 1 aliphatic rings. The van der Waals surface area contributed by atoms with Crippen molar-refractivity contribution in [3.05, 3.63) is 53.0 Å². The fraction of sp³-hybridized carbons (Fsp3) is 0.348. The molecule has 2 unspecified atom stereocenters. The summed E-state index contributed by atoms with van der Waals surface area (Å²) >= 11 is 1.60. The monoisotopic (exact) mass is 423 g/mol. The van der Waals surface area contributed by atoms with Crippen LogP contribution < -0.4 is 9.64 Å². The minimum atomic E-state index is -0.385. The number of para-hydroxylation sites is 1. The van der Waals surface area contributed by atoms with Gasteiger partial charge in [0.15, 0.2) is 0 Å². The summed E-state index contributed by atoms with van der Waals surface area (Å²) in [5.41, 5.74) is 2.70. The van der Waals surface area contributed by atoms with Crippen LogP contribution in [0.25, 0.3) is 10.2 Å². The zero-order valence-corrected chi connectivity index (χ0v) is 18.4. The smallest absolute Gasteiger partial charge is 0.228 e. The number of ether oxygens (including phenoxy) is 1. The third-order valence-corrected chi connectivity index (χ3v) is 6.90. The second-order valence-electron chi connectivity index (χ2n) is 7.73. The minimum absolute atomic E-state index is 0.0378. The molecule has 0 bridgehead atoms. The largest absolute Gasteiger partial charge is 0.495 e. The van der Waals surface area contributed by atoms with Crippen molar-refractivity contribution in [1.82, 2.24) is 9.88 Å². The van der Waals surface area contributed by atoms with Gasteiger partial charge in [0, 0.05) is 20.0 Å². The van der Waals surface area contributed by atoms with Gasteiger partial charge in [-0.15, -0.1) is 11.3 Å². The van der Waals surface area contributed by atoms with Gasteiger partial charge in [0.05, 0.1) is 35.0 Å². The van der Waals surface area contributed by atoms with Crippen LogP contribution in [0.15, 0.2) is 42.5 Å². The Bertz CT molecular complexity index is 1080. The van der Waals surface area contributed by atoms with Crippen LogP contribution in [0.1, 0.15) is 30.0 Å². The second-order valence-corrected chi connectivity index (χ2v) is 8.79. The zero-order valence-electron chi connectivity index (χ0n) is 17.6. The number of nitrogens with zero attached hydrogens (tertiary/aromatic N) is 3. The molecule has 1 fully saturated rings. The third kappa shape index (κ3) is 3.65. The molecule has 6 nitrogen and oxygen atoms in total. The van der Waals surface area contributed by atoms with Crippen LogP contribution in [0, 0.1) is 12.8 Å². The van der Waals surface area contributed by atoms with E-state index in [2.05, 4.69) is 4.98 Å². The molecule has 1 aliphatic heterocycles. The number of hydrogen-bond acceptors (Lipinski definition) is 5. The summed E-state index contributed by atoms with van der Waals surface area (Å²) in [4.78, 5) is 34.0. The van der Waals surface area contributed by atoms with Crippen LogP contribution in [0.2, 0.25) is 0 Å². The van der Waals surface area contributed by atoms with Crippen molar-refractivity contribution in [1.29, 1.82) is 0 Å². The SMILES string of the molecule is COc1ccc(C)cc1N1CC(C(=O)N(C)C(C)c2nc3ccccc3s2)CC1=O. The summed E-state index contributed by atoms with van der Waals surface area (Å²) in [5, 5.41) is 0.897. The van der Waals surface area contributed by atoms with Gasteiger partial charge < -0.3 is 14.5 Å². The quantitative estimate of drug-likeness (QED) is 0.617. The molecule has 2 aromatic carbocycles. The molecule has 30 heavy (non-hydrogen) atoms. The van der Waals surface area contributed by atoms with Crippen LogP contribution >= 0.6 is 11.3 Å². The number of methoxy groups -OCH3 is 1. The fourth-order valence-corrected chi connectivity index (χ4v) is 4.89. The van der Waals surface area contributed by atoms with Crippen LogP contribution in [-0.2, 0) is 9.59 Å². The summed E-state index contributed by atoms with van der Waals surface area (Å²) < 4.78 is 6.54. The number of thiazole rings is 1. The Morgan fingerprint density at radius 1 is 1.30 bits per heavy atom. The molecule has 2 atom stereocenters. The van der Waals surface area contributed by atoms with Gasteiger partial charge >= 0.3 is 0 Å². The predicted octanol–water partition coefficient (Wildman–Crippen LogP) is 4.19. The van der Waals surface area contributed by atoms with Crippen LogP contribution in [0.5, 0.6) is 5.75 Å². The van der Waals surface area contributed by atoms with Gasteiger partial charge in [0.2, 0.25) is 11.8 Å². The highest BCUT2D eigenvalue weighted by atomic mass is 32.1. The lowest BCUT2D eigenvalue weighted by Gasteiger charge is -2.26. The number of benzene rings is 2. The van der Waals surface area contributed by atoms with E-state index in [9.17, 15) is 9.59 Å². The Hall–Kier alpha value is -2.93. The van der Waals surface area contributed by atoms with Gasteiger partial charge in [-0.1, -0.05) is 18.2 Å². The minimum Gasteiger partial charge on any atom is -0.495 e. The fourth-order valence-electron chi connectivity index (χ4n) is 3.83. The lowest BCUT2D eigenvalue weighted by atomic mass is 10.1. The van der Waals surface area contributed by atoms with E-state index < -0.39 is 0 Å². The molecule has 0 saturated carbocycles. The highest BCUT2D eigenvalue weighted by molar-refractivity contribution is 7.18. The maximum Gasteiger partial charge on any atom is 0.228 e. The lowest BCUT2D eigenvalue weighted by molar-refractivity contribution is -0.136. The maximum absolute atomic E-state index is 13.2. The van der Waals surface area contributed by atoms with Crippen LogP contribution in [-0.4, -0.2) is 42.4 Å². The Morgan fingerprint density at radius 3 is 2.80 bits per heavy atom. The molecule has 7 heteroatoms. The van der Waals surface area contributed by atoms with Gasteiger partial charge in [0.25, 0.3) is 0 Å². The molecule has 4 rings (SSSR count). The average molecular weight is 424 g/mol. The van der Waals surface area contributed by atoms with E-state index in [-0.39, 0.29) is 30.2 Å². The van der Waals surface area contributed by atoms with E-state index in [1.165, 1.54) is 0 Å². The zero-order chi connectivity index (χ0) is 21.4. The first-order chi connectivity index (χ1) is 14.4. The number of amides is 2. The summed E-state index contributed by atoms with van der Waals surface area (Å²) in [7, 11) is 3.38. The average Bonchev–Trinajstić information content (AvgIpc) is 3.35. The van der Waals surface area contributed by atoms with Crippen molar-refractivity contribution in [2.45, 2.75) is 26.3 Å². The van der Waals surface area contributed by atoms with E-state index in [0.717, 1.165) is 26.5 Å². The molecular formula is C23H25N3O3S. The molecule has 2 heterocycles. The predicted molar refractivity (Wildman–Crippen MR) is 119 cm³/mol. The summed E-state index contributed by atoms with van der Waals surface area (Å²) in [6, 6.07) is 13.5. The Kier molecular flexibility index (Phi) is 5.47. The number of hydrogen-bond donors (Lipinski definition) is 0. The van der Waals surface area contributed by atoms with Crippen molar-refractivity contribution >= 4 is 39.1 Å². The standard InChI is InChI=1S/C23H25N3O3S/c1-14-9-10-19(29-4)18(11-14)26-13-16(12-21(26)27)23(28)25(3)15(2)22-24-17-7-5-6-8-20(17)30-22/h5-11,15-16H,12-13H2,1-4H3. The van der Waals surface area contributed by atoms with E-state index in [1.54, 1.807) is 35.3 Å². The molecule has 1 saturated heterocycles. The number of aromatic nitrogens is 1. The van der Waals surface area contributed by atoms with Crippen LogP contribution in [0.4, 0.5) is 5.69 Å². The lowest BCUT2D eigenvalue weighted by Crippen LogP contribution is -2.36. The third-order valence-electron chi connectivity index (χ3n) is 5.70. The van der Waals surface area contributed by atoms with Gasteiger partial charge in [-0.3, -0.25) is 9.59 Å². The molecular weight excluding hydrogens is 398 g/mol. The van der Waals surface area contributed by atoms with Crippen molar-refractivity contribution in [3.63, 3.8) is 0 Å². The van der Waals surface area contributed by atoms with Gasteiger partial charge in [0.1, 0.15) is 10.8 Å². The second kappa shape index (κ2) is 8.07. The molecule has 0 radical (unpaired) electrons. The Morgan fingerprint density at radius 2 is 2.07 bits per heavy atom. The summed E-state index contributed by atoms with van der Waals surface area (Å²) in [6.45, 7) is 4.31. The number of anilines is 1. The van der Waals surface area contributed by atoms with Gasteiger partial charge in [-0.25, -0.2) is 4.98 Å². The number of rotatable bonds is 5. The maximum atomic E-state index is 13.2. The number of fused-ring (bicyclic) bond motifs is 1. The number of carbonyl (C=O) groups excluding carboxylic acids is 2. The molecule has 156 valence electrons. The molecule has 3 aromatic rings. The van der Waals surface area contributed by atoms with E-state index >= 15 is 0 Å². The van der Waals surface area contributed by atoms with Gasteiger partial charge in [-0.05, 0) is 43.7 Å². The topological polar surface area (TPSA) is 62.7 Å². The van der Waals surface area contributed by atoms with Crippen molar-refractivity contribution in [2.24, 2.45) is 5.92 Å². The van der Waals surface area contributed by atoms with E-state index in [1.807, 2.05) is 56.3 Å². The Balaban J connectivity index is 1.52. The van der Waals surface area contributed by atoms with Gasteiger partial charge in [-0.2, -0.15) is 0 Å². The first kappa shape index (κ1) is 20.3. The highest BCUT2D eigenvalue weighted by Crippen LogP contribution is 2.35. The first-order valence-electron chi connectivity index (χ1n) is 9.96. The van der Waals surface area contributed by atoms with Crippen molar-refractivity contribution in [2.75, 3.05) is 25.6 Å². The highest BCUT2D eigenvalue weighted by Gasteiger charge is 2.38. The molecule has 0 spiro atoms. The van der Waals surface area contributed by atoms with E-state index in [4.69, 9.17) is 4.74 Å². The molecule has 1 aromatic heterocycles. The van der Waals surface area contributed by atoms with Crippen molar-refractivity contribution < 1.29 is 14.3 Å². The molecule has 0 N–H and O–H groups in total. The summed E-state index contributed by atoms with van der Waals surface area (Å²) in [5.74, 6) is 0.158. The summed E-state index contributed by atoms with van der Waals surface area (Å²) in [6.07, 6.45) is 0.201. The Labute approximate surface area is 180 Å². The molecule has 2 amide bonds. The van der Waals surface area contributed by atoms with E-state index in [0.29, 0.717) is 12.3 Å². The molecule has 0 aliphatic carbocycles. The van der Waals surface area contributed by atoms with Crippen LogP contribution in [0.3, 0.4) is 0 Å². The normalized spacial score (nSPS) is 17.4. The number of carbonyl (C=O) groups is 2. The first-order valence-corrected chi connectivity index (χ1v) is 10.8. The number of aryl methyl sites for hydroxylation is 1.